The van der Waals surface area contributed by atoms with Gasteiger partial charge in [-0.25, -0.2) is 32.1 Å². The van der Waals surface area contributed by atoms with Crippen LogP contribution < -0.4 is 5.32 Å². The van der Waals surface area contributed by atoms with Crippen molar-refractivity contribution in [2.24, 2.45) is 4.99 Å². The average molecular weight is 532 g/mol. The largest absolute Gasteiger partial charge is 0.467 e. The molecule has 13 heteroatoms. The second-order valence-electron chi connectivity index (χ2n) is 8.25. The maximum absolute atomic E-state index is 13.9. The van der Waals surface area contributed by atoms with Crippen molar-refractivity contribution < 1.29 is 37.0 Å². The van der Waals surface area contributed by atoms with Gasteiger partial charge in [-0.05, 0) is 29.5 Å². The van der Waals surface area contributed by atoms with E-state index < -0.39 is 51.1 Å². The first-order valence-electron chi connectivity index (χ1n) is 10.7. The van der Waals surface area contributed by atoms with Gasteiger partial charge in [0.05, 0.1) is 38.4 Å². The van der Waals surface area contributed by atoms with E-state index in [-0.39, 0.29) is 22.0 Å². The van der Waals surface area contributed by atoms with Crippen LogP contribution in [0.1, 0.15) is 12.0 Å². The van der Waals surface area contributed by atoms with Crippen LogP contribution in [-0.2, 0) is 44.0 Å². The first-order valence-corrected chi connectivity index (χ1v) is 13.1. The maximum Gasteiger partial charge on any atom is 0.357 e. The summed E-state index contributed by atoms with van der Waals surface area (Å²) < 4.78 is 43.5. The zero-order valence-electron chi connectivity index (χ0n) is 19.4. The van der Waals surface area contributed by atoms with Crippen molar-refractivity contribution in [2.45, 2.75) is 28.1 Å². The Kier molecular flexibility index (Phi) is 5.63. The molecule has 5 rings (SSSR count). The van der Waals surface area contributed by atoms with Crippen LogP contribution in [0.25, 0.3) is 0 Å². The van der Waals surface area contributed by atoms with E-state index in [1.807, 2.05) is 0 Å². The lowest BCUT2D eigenvalue weighted by atomic mass is 9.70. The Morgan fingerprint density at radius 1 is 1.06 bits per heavy atom. The molecule has 188 valence electrons. The molecule has 1 spiro atoms. The highest BCUT2D eigenvalue weighted by Crippen LogP contribution is 2.56. The van der Waals surface area contributed by atoms with Gasteiger partial charge in [0.25, 0.3) is 10.0 Å². The topological polar surface area (TPSA) is 141 Å². The van der Waals surface area contributed by atoms with Gasteiger partial charge in [0, 0.05) is 5.69 Å². The Bertz CT molecular complexity index is 1450. The number of sulfonamides is 1. The summed E-state index contributed by atoms with van der Waals surface area (Å²) in [6, 6.07) is 7.76. The molecule has 0 unspecified atom stereocenters. The fourth-order valence-electron chi connectivity index (χ4n) is 5.18. The molecular formula is C23H21N3O8S2. The number of thiophene rings is 1. The molecule has 3 aliphatic heterocycles. The average Bonchev–Trinajstić information content (AvgIpc) is 3.62. The fraction of sp³-hybridized carbons (Fsp3) is 0.304. The number of hydrogen-bond acceptors (Lipinski definition) is 11. The number of amidine groups is 1. The predicted molar refractivity (Wildman–Crippen MR) is 128 cm³/mol. The molecule has 4 heterocycles. The molecule has 1 fully saturated rings. The van der Waals surface area contributed by atoms with Gasteiger partial charge in [-0.3, -0.25) is 0 Å². The molecule has 0 amide bonds. The van der Waals surface area contributed by atoms with Crippen molar-refractivity contribution in [3.63, 3.8) is 0 Å². The SMILES string of the molecule is COC(=O)C1=C(C(=O)OC)[C@@H]2Nc3ccccc3[C@@]23C[C@@H](C(=O)OC)N(S(=O)(=O)c2cccs2)C3=N1. The number of benzene rings is 1. The summed E-state index contributed by atoms with van der Waals surface area (Å²) in [5.74, 6) is -2.67. The standard InChI is InChI=1S/C23H21N3O8S2/c1-32-19(27)14-11-23-12-7-4-5-8-13(12)24-18(23)16(20(28)33-2)17(21(29)34-3)25-22(23)26(14)36(30,31)15-9-6-10-35-15/h4-10,14,18,24H,11H2,1-3H3/t14-,18-,23-/m0/s1. The van der Waals surface area contributed by atoms with Crippen LogP contribution >= 0.6 is 11.3 Å². The summed E-state index contributed by atoms with van der Waals surface area (Å²) in [6.07, 6.45) is -0.0905. The third-order valence-corrected chi connectivity index (χ3v) is 9.81. The number of aliphatic imine (C=N–C) groups is 1. The number of fused-ring (bicyclic) bond motifs is 1. The highest BCUT2D eigenvalue weighted by Gasteiger charge is 2.67. The van der Waals surface area contributed by atoms with Gasteiger partial charge < -0.3 is 19.5 Å². The Morgan fingerprint density at radius 2 is 1.78 bits per heavy atom. The fourth-order valence-corrected chi connectivity index (χ4v) is 7.90. The number of para-hydroxylation sites is 1. The number of carbonyl (C=O) groups excluding carboxylic acids is 3. The molecule has 0 radical (unpaired) electrons. The van der Waals surface area contributed by atoms with Crippen molar-refractivity contribution >= 4 is 50.8 Å². The minimum absolute atomic E-state index is 0.0192. The number of nitrogens with one attached hydrogen (secondary N) is 1. The Hall–Kier alpha value is -3.71. The molecule has 36 heavy (non-hydrogen) atoms. The quantitative estimate of drug-likeness (QED) is 0.448. The summed E-state index contributed by atoms with van der Waals surface area (Å²) in [4.78, 5) is 43.3. The number of anilines is 1. The highest BCUT2D eigenvalue weighted by atomic mass is 32.2. The van der Waals surface area contributed by atoms with Crippen molar-refractivity contribution in [1.29, 1.82) is 0 Å². The van der Waals surface area contributed by atoms with Crippen molar-refractivity contribution in [2.75, 3.05) is 26.6 Å². The second kappa shape index (κ2) is 8.45. The summed E-state index contributed by atoms with van der Waals surface area (Å²) in [7, 11) is -0.867. The van der Waals surface area contributed by atoms with Crippen molar-refractivity contribution in [3.8, 4) is 0 Å². The van der Waals surface area contributed by atoms with E-state index in [1.54, 1.807) is 35.7 Å². The highest BCUT2D eigenvalue weighted by molar-refractivity contribution is 7.91. The third-order valence-electron chi connectivity index (χ3n) is 6.63. The molecule has 0 bridgehead atoms. The third kappa shape index (κ3) is 3.12. The lowest BCUT2D eigenvalue weighted by Crippen LogP contribution is -2.52. The molecule has 1 saturated heterocycles. The number of methoxy groups -OCH3 is 3. The first-order chi connectivity index (χ1) is 17.2. The summed E-state index contributed by atoms with van der Waals surface area (Å²) >= 11 is 0.977. The van der Waals surface area contributed by atoms with Gasteiger partial charge in [-0.2, -0.15) is 0 Å². The molecule has 11 nitrogen and oxygen atoms in total. The van der Waals surface area contributed by atoms with E-state index in [2.05, 4.69) is 10.3 Å². The number of esters is 3. The van der Waals surface area contributed by atoms with Gasteiger partial charge in [0.1, 0.15) is 16.1 Å². The lowest BCUT2D eigenvalue weighted by Gasteiger charge is -2.37. The molecule has 0 saturated carbocycles. The summed E-state index contributed by atoms with van der Waals surface area (Å²) in [5, 5.41) is 4.83. The number of carbonyl (C=O) groups is 3. The van der Waals surface area contributed by atoms with Gasteiger partial charge in [-0.15, -0.1) is 11.3 Å². The van der Waals surface area contributed by atoms with Gasteiger partial charge >= 0.3 is 17.9 Å². The van der Waals surface area contributed by atoms with Crippen LogP contribution in [0.5, 0.6) is 0 Å². The zero-order chi connectivity index (χ0) is 25.8. The second-order valence-corrected chi connectivity index (χ2v) is 11.2. The minimum atomic E-state index is -4.31. The van der Waals surface area contributed by atoms with E-state index in [0.717, 1.165) is 37.0 Å². The molecule has 3 atom stereocenters. The normalized spacial score (nSPS) is 24.2. The Labute approximate surface area is 210 Å². The zero-order valence-corrected chi connectivity index (χ0v) is 21.0. The van der Waals surface area contributed by atoms with Crippen LogP contribution in [0.15, 0.2) is 62.2 Å². The van der Waals surface area contributed by atoms with Crippen LogP contribution in [0.4, 0.5) is 5.69 Å². The molecule has 2 aromatic rings. The van der Waals surface area contributed by atoms with Gasteiger partial charge in [-0.1, -0.05) is 24.3 Å². The summed E-state index contributed by atoms with van der Waals surface area (Å²) in [5.41, 5.74) is -0.611. The molecule has 0 aliphatic carbocycles. The first kappa shape index (κ1) is 24.0. The number of rotatable bonds is 5. The van der Waals surface area contributed by atoms with Gasteiger partial charge in [0.2, 0.25) is 0 Å². The maximum atomic E-state index is 13.9. The van der Waals surface area contributed by atoms with E-state index >= 15 is 0 Å². The smallest absolute Gasteiger partial charge is 0.357 e. The van der Waals surface area contributed by atoms with Gasteiger partial charge in [0.15, 0.2) is 5.70 Å². The van der Waals surface area contributed by atoms with Crippen LogP contribution in [0.2, 0.25) is 0 Å². The van der Waals surface area contributed by atoms with Crippen LogP contribution in [-0.4, -0.2) is 69.9 Å². The van der Waals surface area contributed by atoms with E-state index in [0.29, 0.717) is 11.3 Å². The Morgan fingerprint density at radius 3 is 2.42 bits per heavy atom. The number of hydrogen-bond donors (Lipinski definition) is 1. The minimum Gasteiger partial charge on any atom is -0.467 e. The van der Waals surface area contributed by atoms with E-state index in [9.17, 15) is 22.8 Å². The molecule has 1 N–H and O–H groups in total. The number of nitrogens with zero attached hydrogens (tertiary/aromatic N) is 2. The van der Waals surface area contributed by atoms with Crippen LogP contribution in [0, 0.1) is 0 Å². The van der Waals surface area contributed by atoms with E-state index in [4.69, 9.17) is 14.2 Å². The lowest BCUT2D eigenvalue weighted by molar-refractivity contribution is -0.144. The number of ether oxygens (including phenoxy) is 3. The van der Waals surface area contributed by atoms with Crippen molar-refractivity contribution in [1.82, 2.24) is 4.31 Å². The van der Waals surface area contributed by atoms with E-state index in [1.165, 1.54) is 6.07 Å². The predicted octanol–water partition coefficient (Wildman–Crippen LogP) is 1.43. The summed E-state index contributed by atoms with van der Waals surface area (Å²) in [6.45, 7) is 0. The molecular weight excluding hydrogens is 510 g/mol. The monoisotopic (exact) mass is 531 g/mol. The van der Waals surface area contributed by atoms with Crippen molar-refractivity contribution in [3.05, 3.63) is 58.6 Å². The molecule has 1 aromatic heterocycles. The van der Waals surface area contributed by atoms with Crippen LogP contribution in [0.3, 0.4) is 0 Å². The Balaban J connectivity index is 1.86. The molecule has 1 aromatic carbocycles. The molecule has 3 aliphatic rings.